The van der Waals surface area contributed by atoms with Gasteiger partial charge in [0.05, 0.1) is 6.61 Å². The Bertz CT molecular complexity index is 811. The number of carbonyl (C=O) groups is 2. The van der Waals surface area contributed by atoms with Gasteiger partial charge in [-0.2, -0.15) is 0 Å². The van der Waals surface area contributed by atoms with Gasteiger partial charge in [-0.3, -0.25) is 9.59 Å². The largest absolute Gasteiger partial charge is 0.494 e. The second kappa shape index (κ2) is 10.6. The first kappa shape index (κ1) is 20.9. The van der Waals surface area contributed by atoms with Crippen LogP contribution in [0.5, 0.6) is 5.75 Å². The Morgan fingerprint density at radius 1 is 1.03 bits per heavy atom. The molecule has 3 rings (SSSR count). The Morgan fingerprint density at radius 3 is 2.52 bits per heavy atom. The Balaban J connectivity index is 1.34. The van der Waals surface area contributed by atoms with Crippen LogP contribution in [0.4, 0.5) is 5.69 Å². The molecule has 0 atom stereocenters. The number of unbranched alkanes of at least 4 members (excludes halogenated alkanes) is 1. The molecule has 0 aliphatic heterocycles. The highest BCUT2D eigenvalue weighted by Gasteiger charge is 2.17. The van der Waals surface area contributed by atoms with Crippen molar-refractivity contribution < 1.29 is 14.3 Å². The first-order valence-electron chi connectivity index (χ1n) is 10.5. The standard InChI is InChI=1S/C24H30N2O3/c1-18-7-6-10-22(17-18)29-16-5-4-11-23(27)25-21-14-12-19(13-15-21)24(28)26-20-8-2-3-9-20/h6-7,10,12-15,17,20H,2-5,8-9,11,16H2,1H3,(H,25,27)(H,26,28). The molecule has 0 bridgehead atoms. The summed E-state index contributed by atoms with van der Waals surface area (Å²) < 4.78 is 5.70. The van der Waals surface area contributed by atoms with Crippen LogP contribution in [0.15, 0.2) is 48.5 Å². The summed E-state index contributed by atoms with van der Waals surface area (Å²) in [5.74, 6) is 0.804. The zero-order valence-electron chi connectivity index (χ0n) is 17.1. The number of hydrogen-bond acceptors (Lipinski definition) is 3. The van der Waals surface area contributed by atoms with Crippen LogP contribution in [0.2, 0.25) is 0 Å². The van der Waals surface area contributed by atoms with E-state index < -0.39 is 0 Å². The van der Waals surface area contributed by atoms with Gasteiger partial charge < -0.3 is 15.4 Å². The van der Waals surface area contributed by atoms with E-state index in [9.17, 15) is 9.59 Å². The van der Waals surface area contributed by atoms with Gasteiger partial charge in [0.2, 0.25) is 5.91 Å². The highest BCUT2D eigenvalue weighted by molar-refractivity contribution is 5.96. The van der Waals surface area contributed by atoms with Crippen LogP contribution < -0.4 is 15.4 Å². The quantitative estimate of drug-likeness (QED) is 0.597. The van der Waals surface area contributed by atoms with Crippen LogP contribution in [0.25, 0.3) is 0 Å². The minimum absolute atomic E-state index is 0.0243. The molecule has 5 nitrogen and oxygen atoms in total. The molecule has 0 aromatic heterocycles. The van der Waals surface area contributed by atoms with Crippen molar-refractivity contribution in [2.45, 2.75) is 57.9 Å². The third-order valence-electron chi connectivity index (χ3n) is 5.18. The molecule has 1 aliphatic carbocycles. The average Bonchev–Trinajstić information content (AvgIpc) is 3.21. The van der Waals surface area contributed by atoms with E-state index >= 15 is 0 Å². The van der Waals surface area contributed by atoms with Crippen molar-refractivity contribution in [3.8, 4) is 5.75 Å². The fourth-order valence-corrected chi connectivity index (χ4v) is 3.55. The molecule has 154 valence electrons. The molecule has 2 amide bonds. The molecule has 0 radical (unpaired) electrons. The van der Waals surface area contributed by atoms with Crippen molar-refractivity contribution in [2.24, 2.45) is 0 Å². The maximum atomic E-state index is 12.2. The van der Waals surface area contributed by atoms with E-state index in [1.807, 2.05) is 31.2 Å². The Morgan fingerprint density at radius 2 is 1.79 bits per heavy atom. The van der Waals surface area contributed by atoms with Crippen LogP contribution >= 0.6 is 0 Å². The number of benzene rings is 2. The molecule has 2 aromatic rings. The van der Waals surface area contributed by atoms with Crippen LogP contribution in [0.3, 0.4) is 0 Å². The van der Waals surface area contributed by atoms with E-state index in [1.54, 1.807) is 24.3 Å². The third kappa shape index (κ3) is 6.93. The molecular formula is C24H30N2O3. The third-order valence-corrected chi connectivity index (χ3v) is 5.18. The lowest BCUT2D eigenvalue weighted by atomic mass is 10.1. The topological polar surface area (TPSA) is 67.4 Å². The van der Waals surface area contributed by atoms with Gasteiger partial charge >= 0.3 is 0 Å². The summed E-state index contributed by atoms with van der Waals surface area (Å²) in [7, 11) is 0. The van der Waals surface area contributed by atoms with E-state index in [4.69, 9.17) is 4.74 Å². The first-order chi connectivity index (χ1) is 14.1. The fraction of sp³-hybridized carbons (Fsp3) is 0.417. The zero-order valence-corrected chi connectivity index (χ0v) is 17.1. The SMILES string of the molecule is Cc1cccc(OCCCCC(=O)Nc2ccc(C(=O)NC3CCCC3)cc2)c1. The van der Waals surface area contributed by atoms with Crippen molar-refractivity contribution in [2.75, 3.05) is 11.9 Å². The smallest absolute Gasteiger partial charge is 0.251 e. The minimum atomic E-state index is -0.0385. The van der Waals surface area contributed by atoms with Crippen LogP contribution in [0.1, 0.15) is 60.9 Å². The lowest BCUT2D eigenvalue weighted by Crippen LogP contribution is -2.32. The van der Waals surface area contributed by atoms with Crippen molar-refractivity contribution in [3.63, 3.8) is 0 Å². The summed E-state index contributed by atoms with van der Waals surface area (Å²) in [6.07, 6.45) is 6.54. The van der Waals surface area contributed by atoms with Gasteiger partial charge in [0.1, 0.15) is 5.75 Å². The number of amides is 2. The Hall–Kier alpha value is -2.82. The predicted molar refractivity (Wildman–Crippen MR) is 115 cm³/mol. The zero-order chi connectivity index (χ0) is 20.5. The van der Waals surface area contributed by atoms with Gasteiger partial charge in [-0.15, -0.1) is 0 Å². The molecule has 0 heterocycles. The Kier molecular flexibility index (Phi) is 7.68. The molecule has 5 heteroatoms. The van der Waals surface area contributed by atoms with E-state index in [0.29, 0.717) is 30.3 Å². The van der Waals surface area contributed by atoms with Crippen molar-refractivity contribution >= 4 is 17.5 Å². The summed E-state index contributed by atoms with van der Waals surface area (Å²) in [6.45, 7) is 2.63. The average molecular weight is 395 g/mol. The van der Waals surface area contributed by atoms with Crippen LogP contribution in [-0.2, 0) is 4.79 Å². The lowest BCUT2D eigenvalue weighted by molar-refractivity contribution is -0.116. The minimum Gasteiger partial charge on any atom is -0.494 e. The van der Waals surface area contributed by atoms with Crippen molar-refractivity contribution in [1.82, 2.24) is 5.32 Å². The Labute approximate surface area is 172 Å². The van der Waals surface area contributed by atoms with Crippen molar-refractivity contribution in [3.05, 3.63) is 59.7 Å². The number of rotatable bonds is 9. The van der Waals surface area contributed by atoms with Gasteiger partial charge in [-0.1, -0.05) is 25.0 Å². The number of nitrogens with one attached hydrogen (secondary N) is 2. The maximum Gasteiger partial charge on any atom is 0.251 e. The summed E-state index contributed by atoms with van der Waals surface area (Å²) in [6, 6.07) is 15.3. The van der Waals surface area contributed by atoms with E-state index in [-0.39, 0.29) is 11.8 Å². The molecule has 0 unspecified atom stereocenters. The van der Waals surface area contributed by atoms with Gasteiger partial charge in [0.15, 0.2) is 0 Å². The highest BCUT2D eigenvalue weighted by Crippen LogP contribution is 2.19. The molecular weight excluding hydrogens is 364 g/mol. The summed E-state index contributed by atoms with van der Waals surface area (Å²) in [5, 5.41) is 5.96. The molecule has 1 saturated carbocycles. The van der Waals surface area contributed by atoms with Crippen LogP contribution in [0, 0.1) is 6.92 Å². The molecule has 2 N–H and O–H groups in total. The number of aryl methyl sites for hydroxylation is 1. The van der Waals surface area contributed by atoms with Gasteiger partial charge in [-0.25, -0.2) is 0 Å². The fourth-order valence-electron chi connectivity index (χ4n) is 3.55. The highest BCUT2D eigenvalue weighted by atomic mass is 16.5. The summed E-state index contributed by atoms with van der Waals surface area (Å²) in [5.41, 5.74) is 2.51. The number of hydrogen-bond donors (Lipinski definition) is 2. The first-order valence-corrected chi connectivity index (χ1v) is 10.5. The molecule has 0 saturated heterocycles. The monoisotopic (exact) mass is 394 g/mol. The van der Waals surface area contributed by atoms with Crippen molar-refractivity contribution in [1.29, 1.82) is 0 Å². The van der Waals surface area contributed by atoms with Crippen LogP contribution in [-0.4, -0.2) is 24.5 Å². The number of carbonyl (C=O) groups excluding carboxylic acids is 2. The molecule has 29 heavy (non-hydrogen) atoms. The van der Waals surface area contributed by atoms with Gasteiger partial charge in [0.25, 0.3) is 5.91 Å². The second-order valence-electron chi connectivity index (χ2n) is 7.70. The van der Waals surface area contributed by atoms with Gasteiger partial charge in [0, 0.05) is 23.7 Å². The summed E-state index contributed by atoms with van der Waals surface area (Å²) in [4.78, 5) is 24.4. The molecule has 2 aromatic carbocycles. The number of ether oxygens (including phenoxy) is 1. The maximum absolute atomic E-state index is 12.2. The van der Waals surface area contributed by atoms with Gasteiger partial charge in [-0.05, 0) is 74.6 Å². The second-order valence-corrected chi connectivity index (χ2v) is 7.70. The van der Waals surface area contributed by atoms with E-state index in [0.717, 1.165) is 31.4 Å². The predicted octanol–water partition coefficient (Wildman–Crippen LogP) is 4.86. The normalized spacial score (nSPS) is 13.8. The molecule has 1 aliphatic rings. The molecule has 1 fully saturated rings. The lowest BCUT2D eigenvalue weighted by Gasteiger charge is -2.12. The molecule has 0 spiro atoms. The summed E-state index contributed by atoms with van der Waals surface area (Å²) >= 11 is 0. The number of anilines is 1. The van der Waals surface area contributed by atoms with E-state index in [2.05, 4.69) is 10.6 Å². The van der Waals surface area contributed by atoms with E-state index in [1.165, 1.54) is 18.4 Å².